The van der Waals surface area contributed by atoms with Gasteiger partial charge in [-0.05, 0) is 79.6 Å². The molecule has 0 saturated carbocycles. The summed E-state index contributed by atoms with van der Waals surface area (Å²) in [5, 5.41) is 3.36. The fourth-order valence-corrected chi connectivity index (χ4v) is 4.11. The number of benzene rings is 3. The quantitative estimate of drug-likeness (QED) is 0.619. The van der Waals surface area contributed by atoms with Gasteiger partial charge in [-0.15, -0.1) is 0 Å². The van der Waals surface area contributed by atoms with Gasteiger partial charge in [-0.2, -0.15) is 0 Å². The van der Waals surface area contributed by atoms with Gasteiger partial charge in [0.15, 0.2) is 0 Å². The van der Waals surface area contributed by atoms with Gasteiger partial charge in [0.05, 0.1) is 10.6 Å². The van der Waals surface area contributed by atoms with Crippen LogP contribution in [0.1, 0.15) is 21.5 Å². The molecular formula is C22H21ClN2O3S. The second-order valence-corrected chi connectivity index (χ2v) is 9.15. The topological polar surface area (TPSA) is 66.5 Å². The van der Waals surface area contributed by atoms with Crippen LogP contribution in [0.25, 0.3) is 0 Å². The van der Waals surface area contributed by atoms with E-state index in [1.54, 1.807) is 24.3 Å². The van der Waals surface area contributed by atoms with E-state index in [0.717, 1.165) is 16.8 Å². The van der Waals surface area contributed by atoms with Crippen molar-refractivity contribution in [1.82, 2.24) is 0 Å². The van der Waals surface area contributed by atoms with Crippen molar-refractivity contribution in [2.45, 2.75) is 18.7 Å². The highest BCUT2D eigenvalue weighted by atomic mass is 35.5. The molecule has 0 saturated heterocycles. The molecule has 0 aliphatic carbocycles. The van der Waals surface area contributed by atoms with E-state index in [-0.39, 0.29) is 10.8 Å². The number of rotatable bonds is 5. The lowest BCUT2D eigenvalue weighted by Crippen LogP contribution is -2.26. The van der Waals surface area contributed by atoms with E-state index in [9.17, 15) is 13.2 Å². The molecular weight excluding hydrogens is 408 g/mol. The number of nitrogens with one attached hydrogen (secondary N) is 1. The maximum absolute atomic E-state index is 12.8. The highest BCUT2D eigenvalue weighted by Crippen LogP contribution is 2.24. The lowest BCUT2D eigenvalue weighted by molar-refractivity contribution is 0.102. The molecule has 0 atom stereocenters. The summed E-state index contributed by atoms with van der Waals surface area (Å²) in [5.74, 6) is -0.256. The minimum Gasteiger partial charge on any atom is -0.322 e. The summed E-state index contributed by atoms with van der Waals surface area (Å²) >= 11 is 5.84. The summed E-state index contributed by atoms with van der Waals surface area (Å²) in [6.45, 7) is 3.88. The first-order valence-electron chi connectivity index (χ1n) is 8.91. The van der Waals surface area contributed by atoms with Crippen LogP contribution in [0.2, 0.25) is 5.02 Å². The molecule has 3 aromatic rings. The molecule has 3 rings (SSSR count). The lowest BCUT2D eigenvalue weighted by Gasteiger charge is -2.20. The van der Waals surface area contributed by atoms with Gasteiger partial charge in [-0.3, -0.25) is 9.10 Å². The van der Waals surface area contributed by atoms with E-state index in [1.807, 2.05) is 32.0 Å². The highest BCUT2D eigenvalue weighted by Gasteiger charge is 2.21. The second-order valence-electron chi connectivity index (χ2n) is 6.75. The zero-order valence-corrected chi connectivity index (χ0v) is 17.9. The molecule has 3 aromatic carbocycles. The fourth-order valence-electron chi connectivity index (χ4n) is 2.79. The molecule has 1 N–H and O–H groups in total. The van der Waals surface area contributed by atoms with Crippen LogP contribution in [-0.4, -0.2) is 21.4 Å². The monoisotopic (exact) mass is 428 g/mol. The number of halogens is 1. The summed E-state index contributed by atoms with van der Waals surface area (Å²) in [6, 6.07) is 18.2. The van der Waals surface area contributed by atoms with Crippen LogP contribution in [0.3, 0.4) is 0 Å². The molecule has 7 heteroatoms. The van der Waals surface area contributed by atoms with Crippen LogP contribution >= 0.6 is 11.6 Å². The zero-order valence-electron chi connectivity index (χ0n) is 16.3. The van der Waals surface area contributed by atoms with Crippen molar-refractivity contribution >= 4 is 38.9 Å². The molecule has 0 aromatic heterocycles. The molecule has 0 spiro atoms. The van der Waals surface area contributed by atoms with E-state index in [0.29, 0.717) is 16.3 Å². The molecule has 0 unspecified atom stereocenters. The van der Waals surface area contributed by atoms with E-state index >= 15 is 0 Å². The number of nitrogens with zero attached hydrogens (tertiary/aromatic N) is 1. The number of carbonyl (C=O) groups is 1. The lowest BCUT2D eigenvalue weighted by atomic mass is 10.1. The van der Waals surface area contributed by atoms with Crippen LogP contribution in [0.4, 0.5) is 11.4 Å². The Bertz CT molecular complexity index is 1140. The molecule has 0 heterocycles. The first kappa shape index (κ1) is 20.9. The summed E-state index contributed by atoms with van der Waals surface area (Å²) in [7, 11) is -2.26. The Morgan fingerprint density at radius 3 is 2.17 bits per heavy atom. The van der Waals surface area contributed by atoms with Crippen molar-refractivity contribution in [3.63, 3.8) is 0 Å². The third-order valence-electron chi connectivity index (χ3n) is 4.61. The van der Waals surface area contributed by atoms with Crippen molar-refractivity contribution < 1.29 is 13.2 Å². The van der Waals surface area contributed by atoms with Gasteiger partial charge in [0, 0.05) is 23.3 Å². The van der Waals surface area contributed by atoms with Crippen LogP contribution < -0.4 is 9.62 Å². The van der Waals surface area contributed by atoms with Crippen LogP contribution in [0.15, 0.2) is 71.6 Å². The van der Waals surface area contributed by atoms with Crippen LogP contribution in [0.5, 0.6) is 0 Å². The van der Waals surface area contributed by atoms with Gasteiger partial charge < -0.3 is 5.32 Å². The second kappa shape index (κ2) is 8.27. The molecule has 150 valence electrons. The van der Waals surface area contributed by atoms with Gasteiger partial charge in [0.25, 0.3) is 15.9 Å². The zero-order chi connectivity index (χ0) is 21.2. The largest absolute Gasteiger partial charge is 0.322 e. The summed E-state index contributed by atoms with van der Waals surface area (Å²) in [6.07, 6.45) is 0. The third kappa shape index (κ3) is 4.60. The number of sulfonamides is 1. The van der Waals surface area contributed by atoms with E-state index in [2.05, 4.69) is 5.32 Å². The molecule has 0 aliphatic heterocycles. The van der Waals surface area contributed by atoms with E-state index < -0.39 is 10.0 Å². The SMILES string of the molecule is Cc1ccc(C)c(NC(=O)c2ccc(N(C)S(=O)(=O)c3ccc(Cl)cc3)cc2)c1. The number of anilines is 2. The number of hydrogen-bond acceptors (Lipinski definition) is 3. The van der Waals surface area contributed by atoms with Crippen molar-refractivity contribution in [3.05, 3.63) is 88.4 Å². The fraction of sp³-hybridized carbons (Fsp3) is 0.136. The minimum absolute atomic E-state index is 0.140. The number of carbonyl (C=O) groups excluding carboxylic acids is 1. The summed E-state index contributed by atoms with van der Waals surface area (Å²) < 4.78 is 26.7. The molecule has 1 amide bonds. The van der Waals surface area contributed by atoms with Gasteiger partial charge in [0.1, 0.15) is 0 Å². The minimum atomic E-state index is -3.73. The van der Waals surface area contributed by atoms with Crippen molar-refractivity contribution in [2.75, 3.05) is 16.7 Å². The van der Waals surface area contributed by atoms with Crippen molar-refractivity contribution in [2.24, 2.45) is 0 Å². The standard InChI is InChI=1S/C22H21ClN2O3S/c1-15-4-5-16(2)21(14-15)24-22(26)17-6-10-19(11-7-17)25(3)29(27,28)20-12-8-18(23)9-13-20/h4-14H,1-3H3,(H,24,26). The highest BCUT2D eigenvalue weighted by molar-refractivity contribution is 7.92. The molecule has 0 aliphatic rings. The Hall–Kier alpha value is -2.83. The van der Waals surface area contributed by atoms with Crippen molar-refractivity contribution in [1.29, 1.82) is 0 Å². The van der Waals surface area contributed by atoms with Gasteiger partial charge in [-0.1, -0.05) is 23.7 Å². The Labute approximate surface area is 176 Å². The molecule has 5 nitrogen and oxygen atoms in total. The maximum atomic E-state index is 12.8. The molecule has 0 bridgehead atoms. The van der Waals surface area contributed by atoms with Gasteiger partial charge in [0.2, 0.25) is 0 Å². The molecule has 0 fully saturated rings. The van der Waals surface area contributed by atoms with Crippen LogP contribution in [-0.2, 0) is 10.0 Å². The predicted octanol–water partition coefficient (Wildman–Crippen LogP) is 5.03. The Morgan fingerprint density at radius 1 is 0.931 bits per heavy atom. The van der Waals surface area contributed by atoms with Crippen LogP contribution in [0, 0.1) is 13.8 Å². The Balaban J connectivity index is 1.79. The number of aryl methyl sites for hydroxylation is 2. The first-order valence-corrected chi connectivity index (χ1v) is 10.7. The summed E-state index contributed by atoms with van der Waals surface area (Å²) in [4.78, 5) is 12.7. The third-order valence-corrected chi connectivity index (χ3v) is 6.66. The van der Waals surface area contributed by atoms with Crippen molar-refractivity contribution in [3.8, 4) is 0 Å². The molecule has 0 radical (unpaired) electrons. The van der Waals surface area contributed by atoms with E-state index in [4.69, 9.17) is 11.6 Å². The average Bonchev–Trinajstić information content (AvgIpc) is 2.70. The van der Waals surface area contributed by atoms with Gasteiger partial charge in [-0.25, -0.2) is 8.42 Å². The Morgan fingerprint density at radius 2 is 1.55 bits per heavy atom. The number of hydrogen-bond donors (Lipinski definition) is 1. The maximum Gasteiger partial charge on any atom is 0.264 e. The van der Waals surface area contributed by atoms with E-state index in [1.165, 1.54) is 35.6 Å². The normalized spacial score (nSPS) is 11.2. The molecule has 29 heavy (non-hydrogen) atoms. The smallest absolute Gasteiger partial charge is 0.264 e. The first-order chi connectivity index (χ1) is 13.7. The predicted molar refractivity (Wildman–Crippen MR) is 117 cm³/mol. The average molecular weight is 429 g/mol. The van der Waals surface area contributed by atoms with Gasteiger partial charge >= 0.3 is 0 Å². The summed E-state index contributed by atoms with van der Waals surface area (Å²) in [5.41, 5.74) is 3.65. The number of amides is 1. The Kier molecular flexibility index (Phi) is 5.96.